The van der Waals surface area contributed by atoms with Gasteiger partial charge in [0.15, 0.2) is 5.82 Å². The first kappa shape index (κ1) is 19.6. The summed E-state index contributed by atoms with van der Waals surface area (Å²) >= 11 is 0. The summed E-state index contributed by atoms with van der Waals surface area (Å²) in [5.41, 5.74) is 5.77. The van der Waals surface area contributed by atoms with E-state index in [1.165, 1.54) is 12.3 Å². The molecule has 24 heavy (non-hydrogen) atoms. The summed E-state index contributed by atoms with van der Waals surface area (Å²) in [7, 11) is 0. The molecule has 2 rings (SSSR count). The van der Waals surface area contributed by atoms with Crippen LogP contribution in [0.5, 0.6) is 0 Å². The zero-order chi connectivity index (χ0) is 18.3. The summed E-state index contributed by atoms with van der Waals surface area (Å²) in [6.07, 6.45) is 3.63. The van der Waals surface area contributed by atoms with E-state index < -0.39 is 11.5 Å². The monoisotopic (exact) mass is 334 g/mol. The lowest BCUT2D eigenvalue weighted by Gasteiger charge is -2.29. The Morgan fingerprint density at radius 1 is 1.29 bits per heavy atom. The molecule has 0 radical (unpaired) electrons. The fraction of sp³-hybridized carbons (Fsp3) is 0.529. The number of carbonyl (C=O) groups excluding carboxylic acids is 2. The van der Waals surface area contributed by atoms with E-state index in [1.54, 1.807) is 4.90 Å². The maximum absolute atomic E-state index is 12.0. The number of nitrogens with two attached hydrogens (primary N) is 1. The third-order valence-corrected chi connectivity index (χ3v) is 3.06. The van der Waals surface area contributed by atoms with Crippen molar-refractivity contribution in [1.29, 1.82) is 0 Å². The summed E-state index contributed by atoms with van der Waals surface area (Å²) in [5.74, 6) is -0.115. The van der Waals surface area contributed by atoms with E-state index in [0.717, 1.165) is 5.57 Å². The second-order valence-corrected chi connectivity index (χ2v) is 6.04. The van der Waals surface area contributed by atoms with Crippen LogP contribution in [0.1, 0.15) is 57.4 Å². The largest absolute Gasteiger partial charge is 0.444 e. The van der Waals surface area contributed by atoms with Gasteiger partial charge in [-0.05, 0) is 38.8 Å². The standard InChI is InChI=1S/C15H20N4O3.C2H6/c1-15(2,3)22-14(21)19-8-5-10(6-9-19)13-17-7-4-11(18-13)12(16)20;1-2/h4-5,7H,6,8-9H2,1-3H3,(H2,16,20);1-2H3. The first-order chi connectivity index (χ1) is 11.3. The molecule has 0 fully saturated rings. The number of ether oxygens (including phenoxy) is 1. The van der Waals surface area contributed by atoms with Gasteiger partial charge in [-0.2, -0.15) is 0 Å². The Morgan fingerprint density at radius 3 is 2.46 bits per heavy atom. The van der Waals surface area contributed by atoms with E-state index >= 15 is 0 Å². The van der Waals surface area contributed by atoms with Gasteiger partial charge < -0.3 is 15.4 Å². The van der Waals surface area contributed by atoms with Crippen molar-refractivity contribution < 1.29 is 14.3 Å². The molecule has 0 bridgehead atoms. The number of primary amides is 1. The van der Waals surface area contributed by atoms with Gasteiger partial charge in [0.25, 0.3) is 5.91 Å². The van der Waals surface area contributed by atoms with Crippen LogP contribution in [-0.2, 0) is 4.74 Å². The van der Waals surface area contributed by atoms with E-state index in [4.69, 9.17) is 10.5 Å². The van der Waals surface area contributed by atoms with Crippen molar-refractivity contribution in [1.82, 2.24) is 14.9 Å². The molecular weight excluding hydrogens is 308 g/mol. The van der Waals surface area contributed by atoms with Crippen molar-refractivity contribution in [2.24, 2.45) is 5.73 Å². The zero-order valence-corrected chi connectivity index (χ0v) is 15.0. The molecule has 7 heteroatoms. The van der Waals surface area contributed by atoms with Crippen molar-refractivity contribution in [3.63, 3.8) is 0 Å². The normalized spacial score (nSPS) is 14.2. The molecule has 0 saturated heterocycles. The number of hydrogen-bond acceptors (Lipinski definition) is 5. The highest BCUT2D eigenvalue weighted by molar-refractivity contribution is 5.90. The number of rotatable bonds is 2. The lowest BCUT2D eigenvalue weighted by Crippen LogP contribution is -2.39. The fourth-order valence-corrected chi connectivity index (χ4v) is 2.02. The SMILES string of the molecule is CC.CC(C)(C)OC(=O)N1CC=C(c2nccc(C(N)=O)n2)CC1. The van der Waals surface area contributed by atoms with Crippen LogP contribution in [0.3, 0.4) is 0 Å². The molecule has 0 spiro atoms. The average Bonchev–Trinajstić information content (AvgIpc) is 2.55. The number of nitrogens with zero attached hydrogens (tertiary/aromatic N) is 3. The van der Waals surface area contributed by atoms with Crippen molar-refractivity contribution in [3.8, 4) is 0 Å². The molecule has 1 aromatic rings. The number of carbonyl (C=O) groups is 2. The van der Waals surface area contributed by atoms with Gasteiger partial charge in [0, 0.05) is 19.3 Å². The van der Waals surface area contributed by atoms with Crippen LogP contribution in [0.15, 0.2) is 18.3 Å². The first-order valence-corrected chi connectivity index (χ1v) is 8.06. The average molecular weight is 334 g/mol. The zero-order valence-electron chi connectivity index (χ0n) is 15.0. The Hall–Kier alpha value is -2.44. The highest BCUT2D eigenvalue weighted by atomic mass is 16.6. The molecule has 132 valence electrons. The molecule has 7 nitrogen and oxygen atoms in total. The number of amides is 2. The van der Waals surface area contributed by atoms with E-state index in [1.807, 2.05) is 40.7 Å². The van der Waals surface area contributed by atoms with Crippen LogP contribution in [0.25, 0.3) is 5.57 Å². The maximum Gasteiger partial charge on any atom is 0.410 e. The second kappa shape index (κ2) is 8.42. The van der Waals surface area contributed by atoms with Gasteiger partial charge in [-0.3, -0.25) is 4.79 Å². The highest BCUT2D eigenvalue weighted by Gasteiger charge is 2.24. The summed E-state index contributed by atoms with van der Waals surface area (Å²) in [5, 5.41) is 0. The van der Waals surface area contributed by atoms with Gasteiger partial charge in [-0.15, -0.1) is 0 Å². The van der Waals surface area contributed by atoms with Crippen LogP contribution < -0.4 is 5.73 Å². The minimum absolute atomic E-state index is 0.181. The molecule has 2 N–H and O–H groups in total. The van der Waals surface area contributed by atoms with Gasteiger partial charge >= 0.3 is 6.09 Å². The van der Waals surface area contributed by atoms with E-state index in [0.29, 0.717) is 25.3 Å². The molecule has 0 aliphatic carbocycles. The molecule has 2 heterocycles. The van der Waals surface area contributed by atoms with Crippen molar-refractivity contribution in [2.75, 3.05) is 13.1 Å². The molecule has 0 unspecified atom stereocenters. The smallest absolute Gasteiger partial charge is 0.410 e. The van der Waals surface area contributed by atoms with E-state index in [2.05, 4.69) is 9.97 Å². The minimum atomic E-state index is -0.588. The Bertz CT molecular complexity index is 621. The van der Waals surface area contributed by atoms with Gasteiger partial charge in [0.05, 0.1) is 0 Å². The van der Waals surface area contributed by atoms with Crippen molar-refractivity contribution >= 4 is 17.6 Å². The molecule has 0 aromatic carbocycles. The summed E-state index contributed by atoms with van der Waals surface area (Å²) < 4.78 is 5.33. The Balaban J connectivity index is 0.00000139. The predicted octanol–water partition coefficient (Wildman–Crippen LogP) is 2.63. The quantitative estimate of drug-likeness (QED) is 0.896. The lowest BCUT2D eigenvalue weighted by molar-refractivity contribution is 0.0270. The summed E-state index contributed by atoms with van der Waals surface area (Å²) in [6.45, 7) is 10.4. The van der Waals surface area contributed by atoms with Gasteiger partial charge in [0.1, 0.15) is 11.3 Å². The third-order valence-electron chi connectivity index (χ3n) is 3.06. The van der Waals surface area contributed by atoms with Crippen LogP contribution in [0.4, 0.5) is 4.79 Å². The Kier molecular flexibility index (Phi) is 6.88. The Morgan fingerprint density at radius 2 is 1.96 bits per heavy atom. The topological polar surface area (TPSA) is 98.4 Å². The predicted molar refractivity (Wildman–Crippen MR) is 92.3 cm³/mol. The molecule has 0 atom stereocenters. The second-order valence-electron chi connectivity index (χ2n) is 6.04. The molecule has 1 aliphatic rings. The van der Waals surface area contributed by atoms with Gasteiger partial charge in [0.2, 0.25) is 0 Å². The maximum atomic E-state index is 12.0. The number of aromatic nitrogens is 2. The fourth-order valence-electron chi connectivity index (χ4n) is 2.02. The van der Waals surface area contributed by atoms with Crippen molar-refractivity contribution in [3.05, 3.63) is 29.9 Å². The van der Waals surface area contributed by atoms with E-state index in [-0.39, 0.29) is 11.8 Å². The first-order valence-electron chi connectivity index (χ1n) is 8.06. The lowest BCUT2D eigenvalue weighted by atomic mass is 10.1. The summed E-state index contributed by atoms with van der Waals surface area (Å²) in [6, 6.07) is 1.47. The van der Waals surface area contributed by atoms with Crippen LogP contribution >= 0.6 is 0 Å². The van der Waals surface area contributed by atoms with Crippen molar-refractivity contribution in [2.45, 2.75) is 46.6 Å². The molecular formula is C17H26N4O3. The molecule has 0 saturated carbocycles. The highest BCUT2D eigenvalue weighted by Crippen LogP contribution is 2.20. The van der Waals surface area contributed by atoms with Crippen LogP contribution in [-0.4, -0.2) is 45.6 Å². The molecule has 1 aromatic heterocycles. The Labute approximate surface area is 142 Å². The van der Waals surface area contributed by atoms with Crippen LogP contribution in [0.2, 0.25) is 0 Å². The van der Waals surface area contributed by atoms with Gasteiger partial charge in [-0.1, -0.05) is 19.9 Å². The molecule has 2 amide bonds. The van der Waals surface area contributed by atoms with Gasteiger partial charge in [-0.25, -0.2) is 14.8 Å². The number of hydrogen-bond donors (Lipinski definition) is 1. The minimum Gasteiger partial charge on any atom is -0.444 e. The summed E-state index contributed by atoms with van der Waals surface area (Å²) in [4.78, 5) is 33.0. The van der Waals surface area contributed by atoms with Crippen LogP contribution in [0, 0.1) is 0 Å². The van der Waals surface area contributed by atoms with E-state index in [9.17, 15) is 9.59 Å². The molecule has 1 aliphatic heterocycles. The third kappa shape index (κ3) is 5.64.